The summed E-state index contributed by atoms with van der Waals surface area (Å²) in [6.45, 7) is 3.70. The molecule has 1 saturated heterocycles. The van der Waals surface area contributed by atoms with Crippen molar-refractivity contribution in [1.29, 1.82) is 0 Å². The van der Waals surface area contributed by atoms with Crippen LogP contribution in [0.4, 0.5) is 0 Å². The van der Waals surface area contributed by atoms with Gasteiger partial charge < -0.3 is 38.1 Å². The van der Waals surface area contributed by atoms with E-state index in [0.29, 0.717) is 32.7 Å². The summed E-state index contributed by atoms with van der Waals surface area (Å²) in [6, 6.07) is 15.0. The lowest BCUT2D eigenvalue weighted by Gasteiger charge is -2.43. The fourth-order valence-electron chi connectivity index (χ4n) is 4.35. The smallest absolute Gasteiger partial charge is 0.339 e. The molecule has 0 amide bonds. The number of ether oxygens (including phenoxy) is 7. The Morgan fingerprint density at radius 1 is 0.878 bits per heavy atom. The number of rotatable bonds is 9. The van der Waals surface area contributed by atoms with Gasteiger partial charge >= 0.3 is 23.9 Å². The minimum atomic E-state index is -1.57. The lowest BCUT2D eigenvalue weighted by atomic mass is 9.97. The Labute approximate surface area is 248 Å². The van der Waals surface area contributed by atoms with Crippen LogP contribution in [-0.4, -0.2) is 66.7 Å². The van der Waals surface area contributed by atoms with Crippen molar-refractivity contribution in [3.63, 3.8) is 0 Å². The molecule has 5 atom stereocenters. The van der Waals surface area contributed by atoms with Gasteiger partial charge in [-0.3, -0.25) is 14.4 Å². The second-order valence-electron chi connectivity index (χ2n) is 9.04. The fourth-order valence-corrected chi connectivity index (χ4v) is 5.06. The summed E-state index contributed by atoms with van der Waals surface area (Å²) in [7, 11) is 1.12. The van der Waals surface area contributed by atoms with Gasteiger partial charge in [0, 0.05) is 26.2 Å². The summed E-state index contributed by atoms with van der Waals surface area (Å²) in [6.07, 6.45) is -7.44. The van der Waals surface area contributed by atoms with Crippen LogP contribution in [0.5, 0.6) is 11.5 Å². The second-order valence-corrected chi connectivity index (χ2v) is 10.1. The molecule has 3 aromatic rings. The predicted molar refractivity (Wildman–Crippen MR) is 150 cm³/mol. The van der Waals surface area contributed by atoms with E-state index in [4.69, 9.17) is 33.2 Å². The number of carbonyl (C=O) groups excluding carboxylic acids is 4. The average Bonchev–Trinajstić information content (AvgIpc) is 3.23. The Hall–Kier alpha value is -3.85. The summed E-state index contributed by atoms with van der Waals surface area (Å²) in [4.78, 5) is 52.0. The maximum absolute atomic E-state index is 12.7. The monoisotopic (exact) mass is 681 g/mol. The first kappa shape index (κ1) is 30.1. The predicted octanol–water partition coefficient (Wildman–Crippen LogP) is 3.42. The molecule has 2 heterocycles. The molecular weight excluding hydrogens is 653 g/mol. The molecule has 0 aliphatic carbocycles. The third-order valence-electron chi connectivity index (χ3n) is 6.00. The number of aromatic nitrogens is 1. The van der Waals surface area contributed by atoms with Crippen molar-refractivity contribution in [2.75, 3.05) is 7.11 Å². The van der Waals surface area contributed by atoms with Crippen LogP contribution in [0.1, 0.15) is 26.3 Å². The van der Waals surface area contributed by atoms with Gasteiger partial charge in [-0.05, 0) is 46.4 Å². The van der Waals surface area contributed by atoms with E-state index < -0.39 is 54.6 Å². The summed E-state index contributed by atoms with van der Waals surface area (Å²) in [5.74, 6) is -2.40. The minimum Gasteiger partial charge on any atom is -0.489 e. The molecule has 0 bridgehead atoms. The zero-order chi connectivity index (χ0) is 29.7. The molecule has 41 heavy (non-hydrogen) atoms. The molecule has 0 unspecified atom stereocenters. The highest BCUT2D eigenvalue weighted by Gasteiger charge is 2.56. The Morgan fingerprint density at radius 3 is 2.15 bits per heavy atom. The van der Waals surface area contributed by atoms with Gasteiger partial charge in [-0.2, -0.15) is 0 Å². The number of nitrogens with one attached hydrogen (secondary N) is 1. The number of esters is 4. The zero-order valence-corrected chi connectivity index (χ0v) is 24.7. The molecule has 218 valence electrons. The van der Waals surface area contributed by atoms with Gasteiger partial charge in [-0.15, -0.1) is 0 Å². The highest BCUT2D eigenvalue weighted by molar-refractivity contribution is 14.1. The largest absolute Gasteiger partial charge is 0.489 e. The Morgan fingerprint density at radius 2 is 1.51 bits per heavy atom. The third kappa shape index (κ3) is 7.27. The van der Waals surface area contributed by atoms with Gasteiger partial charge in [0.15, 0.2) is 24.1 Å². The molecule has 12 nitrogen and oxygen atoms in total. The number of halogens is 1. The molecule has 13 heteroatoms. The molecule has 1 aliphatic rings. The van der Waals surface area contributed by atoms with E-state index in [1.807, 2.05) is 59.0 Å². The molecule has 4 rings (SSSR count). The first-order valence-electron chi connectivity index (χ1n) is 12.5. The number of methoxy groups -OCH3 is 1. The summed E-state index contributed by atoms with van der Waals surface area (Å²) in [5, 5.41) is 0.603. The van der Waals surface area contributed by atoms with Gasteiger partial charge in [0.1, 0.15) is 16.1 Å². The number of carbonyl (C=O) groups is 4. The Kier molecular flexibility index (Phi) is 9.70. The standard InChI is InChI=1S/C28H28INO11/c1-14(31)37-22-23(38-15(2)32)25(39-16(3)33)28(41-24(22)27(34)35-4)40-21-19-12-18(10-11-20(19)30-26(21)29)36-13-17-8-6-5-7-9-17/h5-12,22-25,28,30H,13H2,1-4H3/t22-,23-,24-,25+,28+/m0/s1. The van der Waals surface area contributed by atoms with Gasteiger partial charge in [-0.1, -0.05) is 30.3 Å². The van der Waals surface area contributed by atoms with Gasteiger partial charge in [0.05, 0.1) is 12.6 Å². The van der Waals surface area contributed by atoms with Crippen molar-refractivity contribution in [3.8, 4) is 11.5 Å². The molecule has 1 aliphatic heterocycles. The van der Waals surface area contributed by atoms with E-state index in [-0.39, 0.29) is 0 Å². The van der Waals surface area contributed by atoms with Gasteiger partial charge in [0.2, 0.25) is 12.4 Å². The molecule has 1 N–H and O–H groups in total. The highest BCUT2D eigenvalue weighted by Crippen LogP contribution is 2.38. The quantitative estimate of drug-likeness (QED) is 0.201. The van der Waals surface area contributed by atoms with E-state index in [1.165, 1.54) is 0 Å². The number of fused-ring (bicyclic) bond motifs is 1. The number of aromatic amines is 1. The van der Waals surface area contributed by atoms with Crippen LogP contribution in [0.15, 0.2) is 48.5 Å². The van der Waals surface area contributed by atoms with Crippen LogP contribution >= 0.6 is 22.6 Å². The average molecular weight is 681 g/mol. The van der Waals surface area contributed by atoms with E-state index in [1.54, 1.807) is 12.1 Å². The maximum Gasteiger partial charge on any atom is 0.339 e. The molecular formula is C28H28INO11. The molecule has 2 aromatic carbocycles. The number of benzene rings is 2. The summed E-state index contributed by atoms with van der Waals surface area (Å²) < 4.78 is 39.7. The van der Waals surface area contributed by atoms with Crippen LogP contribution in [-0.2, 0) is 49.5 Å². The van der Waals surface area contributed by atoms with E-state index >= 15 is 0 Å². The van der Waals surface area contributed by atoms with Crippen molar-refractivity contribution in [1.82, 2.24) is 4.98 Å². The molecule has 1 fully saturated rings. The van der Waals surface area contributed by atoms with Crippen LogP contribution in [0.3, 0.4) is 0 Å². The lowest BCUT2D eigenvalue weighted by molar-refractivity contribution is -0.282. The first-order valence-corrected chi connectivity index (χ1v) is 13.5. The van der Waals surface area contributed by atoms with E-state index in [9.17, 15) is 19.2 Å². The van der Waals surface area contributed by atoms with Crippen LogP contribution in [0.25, 0.3) is 10.9 Å². The number of hydrogen-bond donors (Lipinski definition) is 1. The SMILES string of the molecule is COC(=O)[C@H]1O[C@@H](Oc2c(I)[nH]c3ccc(OCc4ccccc4)cc23)[C@H](OC(C)=O)[C@@H](OC(C)=O)[C@@H]1OC(C)=O. The summed E-state index contributed by atoms with van der Waals surface area (Å²) >= 11 is 2.02. The zero-order valence-electron chi connectivity index (χ0n) is 22.6. The van der Waals surface area contributed by atoms with Gasteiger partial charge in [-0.25, -0.2) is 4.79 Å². The van der Waals surface area contributed by atoms with Crippen LogP contribution in [0, 0.1) is 3.70 Å². The fraction of sp³-hybridized carbons (Fsp3) is 0.357. The van der Waals surface area contributed by atoms with Crippen molar-refractivity contribution < 1.29 is 52.3 Å². The Bertz CT molecular complexity index is 1420. The molecule has 0 spiro atoms. The first-order chi connectivity index (χ1) is 19.6. The normalized spacial score (nSPS) is 21.9. The Balaban J connectivity index is 1.71. The van der Waals surface area contributed by atoms with E-state index in [2.05, 4.69) is 4.98 Å². The third-order valence-corrected chi connectivity index (χ3v) is 6.76. The highest BCUT2D eigenvalue weighted by atomic mass is 127. The van der Waals surface area contributed by atoms with Crippen LogP contribution < -0.4 is 9.47 Å². The number of hydrogen-bond acceptors (Lipinski definition) is 11. The van der Waals surface area contributed by atoms with Crippen molar-refractivity contribution in [3.05, 3.63) is 57.8 Å². The second kappa shape index (κ2) is 13.2. The van der Waals surface area contributed by atoms with Crippen molar-refractivity contribution in [2.24, 2.45) is 0 Å². The lowest BCUT2D eigenvalue weighted by Crippen LogP contribution is -2.64. The van der Waals surface area contributed by atoms with Crippen LogP contribution in [0.2, 0.25) is 0 Å². The van der Waals surface area contributed by atoms with Crippen molar-refractivity contribution in [2.45, 2.75) is 58.1 Å². The molecule has 0 radical (unpaired) electrons. The molecule has 1 aromatic heterocycles. The molecule has 0 saturated carbocycles. The van der Waals surface area contributed by atoms with Gasteiger partial charge in [0.25, 0.3) is 0 Å². The van der Waals surface area contributed by atoms with Crippen molar-refractivity contribution >= 4 is 57.4 Å². The topological polar surface area (TPSA) is 149 Å². The minimum absolute atomic E-state index is 0.295. The summed E-state index contributed by atoms with van der Waals surface area (Å²) in [5.41, 5.74) is 1.69. The number of H-pyrrole nitrogens is 1. The van der Waals surface area contributed by atoms with E-state index in [0.717, 1.165) is 33.4 Å². The maximum atomic E-state index is 12.7.